The maximum absolute atomic E-state index is 12.3. The molecule has 2 aromatic rings. The molecule has 0 aliphatic rings. The molecule has 0 spiro atoms. The van der Waals surface area contributed by atoms with Crippen molar-refractivity contribution in [1.82, 2.24) is 10.1 Å². The van der Waals surface area contributed by atoms with Gasteiger partial charge in [-0.2, -0.15) is 4.74 Å². The van der Waals surface area contributed by atoms with Crippen LogP contribution >= 0.6 is 0 Å². The molecule has 0 saturated heterocycles. The standard InChI is InChI=1S/C16H21N3O3/c1-5-17-14-8-6-7-12(10(14)2)15(20)18-9-13-11(3)22-19(4)16(13)21/h6-8,17H,5,9H2,1-4H3,(H,18,20). The van der Waals surface area contributed by atoms with Gasteiger partial charge in [0.25, 0.3) is 11.5 Å². The summed E-state index contributed by atoms with van der Waals surface area (Å²) in [6, 6.07) is 5.54. The van der Waals surface area contributed by atoms with Crippen LogP contribution in [-0.2, 0) is 13.6 Å². The lowest BCUT2D eigenvalue weighted by Gasteiger charge is -2.12. The van der Waals surface area contributed by atoms with Crippen molar-refractivity contribution < 1.29 is 9.32 Å². The summed E-state index contributed by atoms with van der Waals surface area (Å²) < 4.78 is 6.36. The first-order valence-electron chi connectivity index (χ1n) is 7.23. The number of anilines is 1. The highest BCUT2D eigenvalue weighted by Crippen LogP contribution is 2.18. The van der Waals surface area contributed by atoms with Gasteiger partial charge in [-0.15, -0.1) is 0 Å². The zero-order valence-electron chi connectivity index (χ0n) is 13.3. The summed E-state index contributed by atoms with van der Waals surface area (Å²) in [6.07, 6.45) is 0. The van der Waals surface area contributed by atoms with Crippen LogP contribution < -0.4 is 16.2 Å². The van der Waals surface area contributed by atoms with E-state index in [1.807, 2.05) is 26.0 Å². The molecule has 1 aromatic heterocycles. The van der Waals surface area contributed by atoms with Gasteiger partial charge in [-0.3, -0.25) is 9.59 Å². The van der Waals surface area contributed by atoms with Gasteiger partial charge in [-0.05, 0) is 38.5 Å². The minimum atomic E-state index is -0.226. The monoisotopic (exact) mass is 303 g/mol. The molecule has 1 aromatic carbocycles. The van der Waals surface area contributed by atoms with E-state index in [0.717, 1.165) is 22.5 Å². The van der Waals surface area contributed by atoms with Crippen molar-refractivity contribution in [1.29, 1.82) is 0 Å². The van der Waals surface area contributed by atoms with Gasteiger partial charge in [0.05, 0.1) is 12.1 Å². The molecule has 2 rings (SSSR count). The van der Waals surface area contributed by atoms with Crippen molar-refractivity contribution in [2.75, 3.05) is 11.9 Å². The van der Waals surface area contributed by atoms with E-state index in [-0.39, 0.29) is 18.0 Å². The Balaban J connectivity index is 2.16. The molecule has 1 heterocycles. The second kappa shape index (κ2) is 6.51. The number of amides is 1. The molecule has 0 aliphatic heterocycles. The number of rotatable bonds is 5. The normalized spacial score (nSPS) is 10.5. The molecule has 6 heteroatoms. The third-order valence-electron chi connectivity index (χ3n) is 3.61. The SMILES string of the molecule is CCNc1cccc(C(=O)NCc2c(C)on(C)c2=O)c1C. The Hall–Kier alpha value is -2.50. The van der Waals surface area contributed by atoms with Crippen LogP contribution in [0.15, 0.2) is 27.5 Å². The lowest BCUT2D eigenvalue weighted by atomic mass is 10.1. The minimum Gasteiger partial charge on any atom is -0.385 e. The van der Waals surface area contributed by atoms with E-state index in [1.165, 1.54) is 0 Å². The smallest absolute Gasteiger partial charge is 0.287 e. The summed E-state index contributed by atoms with van der Waals surface area (Å²) in [4.78, 5) is 24.2. The highest BCUT2D eigenvalue weighted by atomic mass is 16.5. The van der Waals surface area contributed by atoms with E-state index >= 15 is 0 Å². The van der Waals surface area contributed by atoms with Crippen molar-refractivity contribution in [3.63, 3.8) is 0 Å². The first-order valence-corrected chi connectivity index (χ1v) is 7.23. The molecule has 0 bridgehead atoms. The summed E-state index contributed by atoms with van der Waals surface area (Å²) >= 11 is 0. The summed E-state index contributed by atoms with van der Waals surface area (Å²) in [6.45, 7) is 6.55. The molecule has 1 amide bonds. The molecular formula is C16H21N3O3. The first kappa shape index (κ1) is 15.9. The summed E-state index contributed by atoms with van der Waals surface area (Å²) in [5.41, 5.74) is 2.66. The van der Waals surface area contributed by atoms with Crippen LogP contribution in [0.4, 0.5) is 5.69 Å². The number of aryl methyl sites for hydroxylation is 2. The van der Waals surface area contributed by atoms with Crippen LogP contribution in [0.1, 0.15) is 34.2 Å². The average molecular weight is 303 g/mol. The van der Waals surface area contributed by atoms with Gasteiger partial charge >= 0.3 is 0 Å². The third kappa shape index (κ3) is 3.05. The number of aromatic nitrogens is 1. The number of hydrogen-bond donors (Lipinski definition) is 2. The van der Waals surface area contributed by atoms with E-state index in [0.29, 0.717) is 16.9 Å². The van der Waals surface area contributed by atoms with Crippen LogP contribution in [0.2, 0.25) is 0 Å². The molecule has 22 heavy (non-hydrogen) atoms. The zero-order chi connectivity index (χ0) is 16.3. The molecule has 0 aliphatic carbocycles. The lowest BCUT2D eigenvalue weighted by Crippen LogP contribution is -2.27. The van der Waals surface area contributed by atoms with Crippen LogP contribution in [-0.4, -0.2) is 17.2 Å². The van der Waals surface area contributed by atoms with Crippen LogP contribution in [0.5, 0.6) is 0 Å². The second-order valence-corrected chi connectivity index (χ2v) is 5.12. The van der Waals surface area contributed by atoms with E-state index in [4.69, 9.17) is 4.52 Å². The van der Waals surface area contributed by atoms with Crippen molar-refractivity contribution in [2.24, 2.45) is 7.05 Å². The summed E-state index contributed by atoms with van der Waals surface area (Å²) in [5.74, 6) is 0.311. The van der Waals surface area contributed by atoms with E-state index in [2.05, 4.69) is 10.6 Å². The number of hydrogen-bond acceptors (Lipinski definition) is 4. The van der Waals surface area contributed by atoms with E-state index < -0.39 is 0 Å². The summed E-state index contributed by atoms with van der Waals surface area (Å²) in [5, 5.41) is 6.00. The fourth-order valence-corrected chi connectivity index (χ4v) is 2.37. The fourth-order valence-electron chi connectivity index (χ4n) is 2.37. The average Bonchev–Trinajstić information content (AvgIpc) is 2.72. The Kier molecular flexibility index (Phi) is 4.70. The molecule has 6 nitrogen and oxygen atoms in total. The highest BCUT2D eigenvalue weighted by Gasteiger charge is 2.15. The predicted molar refractivity (Wildman–Crippen MR) is 85.2 cm³/mol. The van der Waals surface area contributed by atoms with Gasteiger partial charge in [0.15, 0.2) is 0 Å². The largest absolute Gasteiger partial charge is 0.385 e. The Morgan fingerprint density at radius 1 is 1.32 bits per heavy atom. The van der Waals surface area contributed by atoms with Crippen LogP contribution in [0, 0.1) is 13.8 Å². The van der Waals surface area contributed by atoms with E-state index in [1.54, 1.807) is 20.0 Å². The third-order valence-corrected chi connectivity index (χ3v) is 3.61. The Bertz CT molecular complexity index is 744. The van der Waals surface area contributed by atoms with Gasteiger partial charge in [0, 0.05) is 24.8 Å². The van der Waals surface area contributed by atoms with Crippen molar-refractivity contribution in [3.8, 4) is 0 Å². The second-order valence-electron chi connectivity index (χ2n) is 5.12. The van der Waals surface area contributed by atoms with Gasteiger partial charge in [-0.25, -0.2) is 0 Å². The summed E-state index contributed by atoms with van der Waals surface area (Å²) in [7, 11) is 1.55. The molecule has 118 valence electrons. The number of nitrogens with zero attached hydrogens (tertiary/aromatic N) is 1. The Labute approximate surface area is 129 Å². The number of carbonyl (C=O) groups is 1. The van der Waals surface area contributed by atoms with Gasteiger partial charge in [0.2, 0.25) is 0 Å². The first-order chi connectivity index (χ1) is 10.5. The van der Waals surface area contributed by atoms with Gasteiger partial charge in [-0.1, -0.05) is 6.07 Å². The fraction of sp³-hybridized carbons (Fsp3) is 0.375. The maximum atomic E-state index is 12.3. The van der Waals surface area contributed by atoms with Crippen molar-refractivity contribution in [2.45, 2.75) is 27.3 Å². The zero-order valence-corrected chi connectivity index (χ0v) is 13.3. The van der Waals surface area contributed by atoms with Crippen molar-refractivity contribution in [3.05, 3.63) is 51.0 Å². The molecule has 0 saturated carbocycles. The molecule has 0 fully saturated rings. The topological polar surface area (TPSA) is 76.3 Å². The lowest BCUT2D eigenvalue weighted by molar-refractivity contribution is 0.0950. The number of nitrogens with one attached hydrogen (secondary N) is 2. The van der Waals surface area contributed by atoms with Crippen molar-refractivity contribution >= 4 is 11.6 Å². The maximum Gasteiger partial charge on any atom is 0.287 e. The Morgan fingerprint density at radius 2 is 2.05 bits per heavy atom. The minimum absolute atomic E-state index is 0.152. The van der Waals surface area contributed by atoms with E-state index in [9.17, 15) is 9.59 Å². The number of benzene rings is 1. The number of carbonyl (C=O) groups excluding carboxylic acids is 1. The Morgan fingerprint density at radius 3 is 2.64 bits per heavy atom. The quantitative estimate of drug-likeness (QED) is 0.885. The van der Waals surface area contributed by atoms with Gasteiger partial charge < -0.3 is 15.2 Å². The highest BCUT2D eigenvalue weighted by molar-refractivity contribution is 5.97. The molecule has 2 N–H and O–H groups in total. The molecule has 0 atom stereocenters. The van der Waals surface area contributed by atoms with Crippen LogP contribution in [0.3, 0.4) is 0 Å². The molecule has 0 unspecified atom stereocenters. The molecule has 0 radical (unpaired) electrons. The molecular weight excluding hydrogens is 282 g/mol. The van der Waals surface area contributed by atoms with Gasteiger partial charge in [0.1, 0.15) is 5.76 Å². The predicted octanol–water partition coefficient (Wildman–Crippen LogP) is 1.96. The van der Waals surface area contributed by atoms with Crippen LogP contribution in [0.25, 0.3) is 0 Å².